The molecule has 0 saturated heterocycles. The largest absolute Gasteiger partial charge is 0.338 e. The van der Waals surface area contributed by atoms with Crippen LogP contribution in [0.2, 0.25) is 0 Å². The Bertz CT molecular complexity index is 222. The van der Waals surface area contributed by atoms with E-state index in [9.17, 15) is 4.79 Å². The molecule has 15 heavy (non-hydrogen) atoms. The summed E-state index contributed by atoms with van der Waals surface area (Å²) >= 11 is 5.76. The van der Waals surface area contributed by atoms with Gasteiger partial charge in [-0.15, -0.1) is 11.6 Å². The van der Waals surface area contributed by atoms with Crippen molar-refractivity contribution in [1.29, 1.82) is 0 Å². The van der Waals surface area contributed by atoms with Crippen molar-refractivity contribution in [3.05, 3.63) is 0 Å². The van der Waals surface area contributed by atoms with Gasteiger partial charge in [-0.25, -0.2) is 0 Å². The SMILES string of the molecule is O=C(C1CCCCC1)N(CCCl)C1CC1. The predicted octanol–water partition coefficient (Wildman–Crippen LogP) is 2.80. The summed E-state index contributed by atoms with van der Waals surface area (Å²) in [6.45, 7) is 0.752. The third-order valence-electron chi connectivity index (χ3n) is 3.55. The zero-order chi connectivity index (χ0) is 10.7. The van der Waals surface area contributed by atoms with Crippen molar-refractivity contribution in [2.24, 2.45) is 5.92 Å². The van der Waals surface area contributed by atoms with Crippen molar-refractivity contribution in [3.8, 4) is 0 Å². The Morgan fingerprint density at radius 2 is 1.80 bits per heavy atom. The summed E-state index contributed by atoms with van der Waals surface area (Å²) in [5.41, 5.74) is 0. The molecule has 0 aromatic rings. The highest BCUT2D eigenvalue weighted by atomic mass is 35.5. The van der Waals surface area contributed by atoms with Gasteiger partial charge < -0.3 is 4.90 Å². The smallest absolute Gasteiger partial charge is 0.225 e. The summed E-state index contributed by atoms with van der Waals surface area (Å²) in [4.78, 5) is 14.3. The molecule has 0 atom stereocenters. The van der Waals surface area contributed by atoms with E-state index >= 15 is 0 Å². The lowest BCUT2D eigenvalue weighted by Gasteiger charge is -2.28. The molecule has 2 saturated carbocycles. The molecule has 1 amide bonds. The maximum absolute atomic E-state index is 12.2. The normalized spacial score (nSPS) is 22.7. The maximum Gasteiger partial charge on any atom is 0.225 e. The summed E-state index contributed by atoms with van der Waals surface area (Å²) < 4.78 is 0. The maximum atomic E-state index is 12.2. The van der Waals surface area contributed by atoms with Crippen LogP contribution in [0.25, 0.3) is 0 Å². The third-order valence-corrected chi connectivity index (χ3v) is 3.72. The number of nitrogens with zero attached hydrogens (tertiary/aromatic N) is 1. The van der Waals surface area contributed by atoms with E-state index in [2.05, 4.69) is 0 Å². The highest BCUT2D eigenvalue weighted by Gasteiger charge is 2.35. The standard InChI is InChI=1S/C12H20ClNO/c13-8-9-14(11-6-7-11)12(15)10-4-2-1-3-5-10/h10-11H,1-9H2. The van der Waals surface area contributed by atoms with Crippen molar-refractivity contribution in [2.45, 2.75) is 51.0 Å². The van der Waals surface area contributed by atoms with Gasteiger partial charge in [-0.1, -0.05) is 19.3 Å². The fraction of sp³-hybridized carbons (Fsp3) is 0.917. The Kier molecular flexibility index (Phi) is 3.90. The van der Waals surface area contributed by atoms with Gasteiger partial charge in [0.05, 0.1) is 0 Å². The van der Waals surface area contributed by atoms with Crippen LogP contribution in [-0.4, -0.2) is 29.3 Å². The van der Waals surface area contributed by atoms with Crippen LogP contribution >= 0.6 is 11.6 Å². The van der Waals surface area contributed by atoms with Crippen molar-refractivity contribution in [3.63, 3.8) is 0 Å². The zero-order valence-electron chi connectivity index (χ0n) is 9.25. The molecule has 0 bridgehead atoms. The molecule has 2 rings (SSSR count). The fourth-order valence-electron chi connectivity index (χ4n) is 2.53. The Balaban J connectivity index is 1.90. The van der Waals surface area contributed by atoms with E-state index in [1.807, 2.05) is 4.90 Å². The molecule has 0 spiro atoms. The van der Waals surface area contributed by atoms with E-state index in [1.54, 1.807) is 0 Å². The molecule has 0 N–H and O–H groups in total. The summed E-state index contributed by atoms with van der Waals surface area (Å²) in [6.07, 6.45) is 8.35. The Morgan fingerprint density at radius 3 is 2.33 bits per heavy atom. The van der Waals surface area contributed by atoms with Crippen LogP contribution in [0.3, 0.4) is 0 Å². The van der Waals surface area contributed by atoms with Crippen LogP contribution in [0.15, 0.2) is 0 Å². The van der Waals surface area contributed by atoms with E-state index in [4.69, 9.17) is 11.6 Å². The first-order chi connectivity index (χ1) is 7.33. The fourth-order valence-corrected chi connectivity index (χ4v) is 2.72. The Hall–Kier alpha value is -0.240. The van der Waals surface area contributed by atoms with Gasteiger partial charge in [0.25, 0.3) is 0 Å². The minimum absolute atomic E-state index is 0.308. The van der Waals surface area contributed by atoms with Gasteiger partial charge in [0, 0.05) is 24.4 Å². The number of alkyl halides is 1. The predicted molar refractivity (Wildman–Crippen MR) is 62.0 cm³/mol. The second kappa shape index (κ2) is 5.20. The van der Waals surface area contributed by atoms with Gasteiger partial charge in [0.15, 0.2) is 0 Å². The second-order valence-corrected chi connectivity index (χ2v) is 5.16. The van der Waals surface area contributed by atoms with Gasteiger partial charge in [0.2, 0.25) is 5.91 Å². The molecule has 0 aromatic heterocycles. The molecule has 2 nitrogen and oxygen atoms in total. The molecule has 86 valence electrons. The number of amides is 1. The molecular formula is C12H20ClNO. The Morgan fingerprint density at radius 1 is 1.13 bits per heavy atom. The van der Waals surface area contributed by atoms with Crippen LogP contribution < -0.4 is 0 Å². The highest BCUT2D eigenvalue weighted by Crippen LogP contribution is 2.32. The molecule has 0 aromatic carbocycles. The number of hydrogen-bond acceptors (Lipinski definition) is 1. The molecule has 2 aliphatic carbocycles. The lowest BCUT2D eigenvalue weighted by atomic mass is 9.88. The van der Waals surface area contributed by atoms with Crippen LogP contribution in [0, 0.1) is 5.92 Å². The van der Waals surface area contributed by atoms with Crippen LogP contribution in [0.1, 0.15) is 44.9 Å². The molecule has 0 heterocycles. The number of halogens is 1. The first-order valence-electron chi connectivity index (χ1n) is 6.19. The topological polar surface area (TPSA) is 20.3 Å². The lowest BCUT2D eigenvalue weighted by molar-refractivity contribution is -0.136. The summed E-state index contributed by atoms with van der Waals surface area (Å²) in [5, 5.41) is 0. The molecule has 2 fully saturated rings. The van der Waals surface area contributed by atoms with Gasteiger partial charge in [-0.3, -0.25) is 4.79 Å². The quantitative estimate of drug-likeness (QED) is 0.679. The third kappa shape index (κ3) is 2.87. The minimum atomic E-state index is 0.308. The molecule has 0 radical (unpaired) electrons. The van der Waals surface area contributed by atoms with Crippen LogP contribution in [0.4, 0.5) is 0 Å². The number of carbonyl (C=O) groups excluding carboxylic acids is 1. The molecule has 0 aliphatic heterocycles. The highest BCUT2D eigenvalue weighted by molar-refractivity contribution is 6.18. The van der Waals surface area contributed by atoms with E-state index in [1.165, 1.54) is 32.1 Å². The Labute approximate surface area is 97.0 Å². The van der Waals surface area contributed by atoms with E-state index < -0.39 is 0 Å². The molecule has 0 unspecified atom stereocenters. The molecular weight excluding hydrogens is 210 g/mol. The van der Waals surface area contributed by atoms with Gasteiger partial charge in [-0.2, -0.15) is 0 Å². The summed E-state index contributed by atoms with van der Waals surface area (Å²) in [7, 11) is 0. The van der Waals surface area contributed by atoms with Crippen molar-refractivity contribution in [1.82, 2.24) is 4.90 Å². The van der Waals surface area contributed by atoms with E-state index in [0.717, 1.165) is 19.4 Å². The van der Waals surface area contributed by atoms with Crippen LogP contribution in [0.5, 0.6) is 0 Å². The molecule has 2 aliphatic rings. The van der Waals surface area contributed by atoms with Crippen molar-refractivity contribution in [2.75, 3.05) is 12.4 Å². The summed E-state index contributed by atoms with van der Waals surface area (Å²) in [6, 6.07) is 0.526. The van der Waals surface area contributed by atoms with Gasteiger partial charge in [0.1, 0.15) is 0 Å². The number of carbonyl (C=O) groups is 1. The van der Waals surface area contributed by atoms with Gasteiger partial charge in [-0.05, 0) is 25.7 Å². The number of rotatable bonds is 4. The monoisotopic (exact) mass is 229 g/mol. The first-order valence-corrected chi connectivity index (χ1v) is 6.73. The second-order valence-electron chi connectivity index (χ2n) is 4.79. The lowest BCUT2D eigenvalue weighted by Crippen LogP contribution is -2.39. The first kappa shape index (κ1) is 11.3. The zero-order valence-corrected chi connectivity index (χ0v) is 10.0. The summed E-state index contributed by atoms with van der Waals surface area (Å²) in [5.74, 6) is 1.27. The van der Waals surface area contributed by atoms with Crippen molar-refractivity contribution < 1.29 is 4.79 Å². The average molecular weight is 230 g/mol. The van der Waals surface area contributed by atoms with E-state index in [0.29, 0.717) is 23.7 Å². The molecule has 3 heteroatoms. The average Bonchev–Trinajstić information content (AvgIpc) is 3.10. The van der Waals surface area contributed by atoms with Crippen molar-refractivity contribution >= 4 is 17.5 Å². The van der Waals surface area contributed by atoms with E-state index in [-0.39, 0.29) is 0 Å². The minimum Gasteiger partial charge on any atom is -0.338 e. The van der Waals surface area contributed by atoms with Gasteiger partial charge >= 0.3 is 0 Å². The van der Waals surface area contributed by atoms with Crippen LogP contribution in [-0.2, 0) is 4.79 Å². The number of hydrogen-bond donors (Lipinski definition) is 0.